The zero-order chi connectivity index (χ0) is 23.7. The molecule has 0 saturated heterocycles. The number of aromatic amines is 1. The Morgan fingerprint density at radius 1 is 1.16 bits per heavy atom. The summed E-state index contributed by atoms with van der Waals surface area (Å²) in [5, 5.41) is 5.80. The summed E-state index contributed by atoms with van der Waals surface area (Å²) in [6.45, 7) is 2.59. The molecule has 1 aliphatic rings. The van der Waals surface area contributed by atoms with Crippen molar-refractivity contribution in [1.82, 2.24) is 20.6 Å². The zero-order valence-electron chi connectivity index (χ0n) is 17.6. The van der Waals surface area contributed by atoms with Crippen LogP contribution in [0.15, 0.2) is 30.5 Å². The molecule has 0 radical (unpaired) electrons. The highest BCUT2D eigenvalue weighted by Gasteiger charge is 2.61. The Labute approximate surface area is 190 Å². The molecule has 3 rings (SSSR count). The minimum atomic E-state index is -3.94. The predicted molar refractivity (Wildman–Crippen MR) is 118 cm³/mol. The molecular formula is C20H24ClN5O5S. The molecule has 10 nitrogen and oxygen atoms in total. The van der Waals surface area contributed by atoms with Crippen LogP contribution in [0.1, 0.15) is 53.4 Å². The third-order valence-electron chi connectivity index (χ3n) is 5.62. The van der Waals surface area contributed by atoms with Gasteiger partial charge in [-0.1, -0.05) is 23.7 Å². The third-order valence-corrected chi connectivity index (χ3v) is 9.11. The molecule has 32 heavy (non-hydrogen) atoms. The standard InChI is InChI=1S/C20H24ClN5O5S/c1-19(2,18(22)29)32(30,31)20(7-8-20)11-25-16(27)14-10-23-15(26-14)17(28)24-9-12-3-5-13(21)6-4-12/h3-6,10H,7-9,11H2,1-2H3,(H2,22,29)(H,23,26)(H,24,28)(H,25,27). The lowest BCUT2D eigenvalue weighted by Crippen LogP contribution is -2.53. The summed E-state index contributed by atoms with van der Waals surface area (Å²) in [5.41, 5.74) is 6.10. The van der Waals surface area contributed by atoms with Crippen LogP contribution in [0.2, 0.25) is 5.02 Å². The molecule has 0 unspecified atom stereocenters. The fourth-order valence-electron chi connectivity index (χ4n) is 3.11. The third kappa shape index (κ3) is 4.49. The van der Waals surface area contributed by atoms with Crippen LogP contribution in [-0.2, 0) is 21.2 Å². The molecule has 0 spiro atoms. The van der Waals surface area contributed by atoms with Crippen LogP contribution in [0, 0.1) is 0 Å². The summed E-state index contributed by atoms with van der Waals surface area (Å²) >= 11 is 5.83. The SMILES string of the molecule is CC(C)(C(N)=O)S(=O)(=O)C1(CNC(=O)c2cnc(C(=O)NCc3ccc(Cl)cc3)[nH]2)CC1. The van der Waals surface area contributed by atoms with Gasteiger partial charge in [-0.3, -0.25) is 14.4 Å². The number of nitrogens with zero attached hydrogens (tertiary/aromatic N) is 1. The van der Waals surface area contributed by atoms with Gasteiger partial charge in [0.05, 0.1) is 10.9 Å². The second kappa shape index (κ2) is 8.55. The second-order valence-corrected chi connectivity index (χ2v) is 11.5. The zero-order valence-corrected chi connectivity index (χ0v) is 19.1. The van der Waals surface area contributed by atoms with E-state index in [1.807, 2.05) is 0 Å². The number of rotatable bonds is 9. The lowest BCUT2D eigenvalue weighted by atomic mass is 10.2. The van der Waals surface area contributed by atoms with Crippen LogP contribution >= 0.6 is 11.6 Å². The maximum absolute atomic E-state index is 12.9. The molecular weight excluding hydrogens is 458 g/mol. The molecule has 0 aliphatic heterocycles. The van der Waals surface area contributed by atoms with Gasteiger partial charge in [0.2, 0.25) is 5.91 Å². The van der Waals surface area contributed by atoms with Crippen LogP contribution in [0.5, 0.6) is 0 Å². The second-order valence-electron chi connectivity index (χ2n) is 8.20. The molecule has 12 heteroatoms. The summed E-state index contributed by atoms with van der Waals surface area (Å²) in [5.74, 6) is -2.14. The van der Waals surface area contributed by atoms with Crippen LogP contribution in [0.25, 0.3) is 0 Å². The van der Waals surface area contributed by atoms with Crippen LogP contribution in [0.4, 0.5) is 0 Å². The molecule has 172 valence electrons. The van der Waals surface area contributed by atoms with Crippen LogP contribution in [-0.4, -0.2) is 52.1 Å². The van der Waals surface area contributed by atoms with E-state index in [9.17, 15) is 22.8 Å². The number of sulfone groups is 1. The first-order chi connectivity index (χ1) is 14.9. The summed E-state index contributed by atoms with van der Waals surface area (Å²) in [6.07, 6.45) is 1.81. The molecule has 1 aromatic heterocycles. The van der Waals surface area contributed by atoms with E-state index >= 15 is 0 Å². The number of carbonyl (C=O) groups is 3. The van der Waals surface area contributed by atoms with Gasteiger partial charge in [0, 0.05) is 18.1 Å². The number of nitrogens with one attached hydrogen (secondary N) is 3. The molecule has 1 saturated carbocycles. The van der Waals surface area contributed by atoms with Gasteiger partial charge < -0.3 is 21.4 Å². The highest BCUT2D eigenvalue weighted by atomic mass is 35.5. The van der Waals surface area contributed by atoms with Crippen LogP contribution in [0.3, 0.4) is 0 Å². The Bertz CT molecular complexity index is 1150. The number of amides is 3. The average molecular weight is 482 g/mol. The molecule has 1 heterocycles. The first-order valence-corrected chi connectivity index (χ1v) is 11.7. The molecule has 5 N–H and O–H groups in total. The van der Waals surface area contributed by atoms with Crippen molar-refractivity contribution in [2.75, 3.05) is 6.54 Å². The monoisotopic (exact) mass is 481 g/mol. The Kier molecular flexibility index (Phi) is 6.34. The van der Waals surface area contributed by atoms with E-state index in [-0.39, 0.29) is 24.6 Å². The number of benzene rings is 1. The Hall–Kier alpha value is -2.92. The fourth-order valence-corrected chi connectivity index (χ4v) is 5.49. The van der Waals surface area contributed by atoms with Crippen molar-refractivity contribution in [2.45, 2.75) is 42.7 Å². The van der Waals surface area contributed by atoms with E-state index in [4.69, 9.17) is 17.3 Å². The maximum atomic E-state index is 12.9. The van der Waals surface area contributed by atoms with Crippen molar-refractivity contribution in [1.29, 1.82) is 0 Å². The van der Waals surface area contributed by atoms with Crippen molar-refractivity contribution in [2.24, 2.45) is 5.73 Å². The van der Waals surface area contributed by atoms with Gasteiger partial charge in [-0.25, -0.2) is 13.4 Å². The Balaban J connectivity index is 1.59. The van der Waals surface area contributed by atoms with Gasteiger partial charge in [-0.05, 0) is 44.4 Å². The summed E-state index contributed by atoms with van der Waals surface area (Å²) in [6, 6.07) is 6.95. The Morgan fingerprint density at radius 3 is 2.34 bits per heavy atom. The van der Waals surface area contributed by atoms with Crippen molar-refractivity contribution < 1.29 is 22.8 Å². The van der Waals surface area contributed by atoms with E-state index in [1.165, 1.54) is 20.0 Å². The van der Waals surface area contributed by atoms with Crippen molar-refractivity contribution in [3.8, 4) is 0 Å². The predicted octanol–water partition coefficient (Wildman–Crippen LogP) is 0.934. The minimum Gasteiger partial charge on any atom is -0.368 e. The van der Waals surface area contributed by atoms with Gasteiger partial charge in [-0.2, -0.15) is 0 Å². The quantitative estimate of drug-likeness (QED) is 0.416. The molecule has 3 amide bonds. The molecule has 2 aromatic rings. The lowest BCUT2D eigenvalue weighted by Gasteiger charge is -2.27. The number of aromatic nitrogens is 2. The summed E-state index contributed by atoms with van der Waals surface area (Å²) in [4.78, 5) is 42.9. The molecule has 0 bridgehead atoms. The van der Waals surface area contributed by atoms with Gasteiger partial charge in [0.25, 0.3) is 11.8 Å². The summed E-state index contributed by atoms with van der Waals surface area (Å²) in [7, 11) is -3.94. The fraction of sp³-hybridized carbons (Fsp3) is 0.400. The van der Waals surface area contributed by atoms with Crippen molar-refractivity contribution in [3.63, 3.8) is 0 Å². The molecule has 1 aromatic carbocycles. The molecule has 1 aliphatic carbocycles. The van der Waals surface area contributed by atoms with E-state index in [0.29, 0.717) is 17.9 Å². The Morgan fingerprint density at radius 2 is 1.78 bits per heavy atom. The van der Waals surface area contributed by atoms with Crippen molar-refractivity contribution in [3.05, 3.63) is 52.6 Å². The number of hydrogen-bond donors (Lipinski definition) is 4. The number of nitrogens with two attached hydrogens (primary N) is 1. The smallest absolute Gasteiger partial charge is 0.287 e. The number of H-pyrrole nitrogens is 1. The minimum absolute atomic E-state index is 0.00371. The van der Waals surface area contributed by atoms with Gasteiger partial charge in [0.15, 0.2) is 15.7 Å². The first-order valence-electron chi connectivity index (χ1n) is 9.79. The number of imidazole rings is 1. The van der Waals surface area contributed by atoms with Gasteiger partial charge >= 0.3 is 0 Å². The maximum Gasteiger partial charge on any atom is 0.287 e. The topological polar surface area (TPSA) is 164 Å². The number of hydrogen-bond acceptors (Lipinski definition) is 6. The molecule has 1 fully saturated rings. The first kappa shape index (κ1) is 23.7. The summed E-state index contributed by atoms with van der Waals surface area (Å²) < 4.78 is 22.8. The normalized spacial score (nSPS) is 15.1. The van der Waals surface area contributed by atoms with E-state index in [1.54, 1.807) is 24.3 Å². The number of primary amides is 1. The highest BCUT2D eigenvalue weighted by Crippen LogP contribution is 2.47. The highest BCUT2D eigenvalue weighted by molar-refractivity contribution is 7.95. The van der Waals surface area contributed by atoms with Gasteiger partial charge in [0.1, 0.15) is 10.4 Å². The lowest BCUT2D eigenvalue weighted by molar-refractivity contribution is -0.119. The van der Waals surface area contributed by atoms with Crippen molar-refractivity contribution >= 4 is 39.2 Å². The van der Waals surface area contributed by atoms with E-state index in [2.05, 4.69) is 20.6 Å². The number of carbonyl (C=O) groups excluding carboxylic acids is 3. The average Bonchev–Trinajstić information content (AvgIpc) is 3.39. The largest absolute Gasteiger partial charge is 0.368 e. The number of halogens is 1. The van der Waals surface area contributed by atoms with E-state index < -0.39 is 37.1 Å². The molecule has 0 atom stereocenters. The van der Waals surface area contributed by atoms with Crippen LogP contribution < -0.4 is 16.4 Å². The van der Waals surface area contributed by atoms with E-state index in [0.717, 1.165) is 5.56 Å². The van der Waals surface area contributed by atoms with Gasteiger partial charge in [-0.15, -0.1) is 0 Å².